The van der Waals surface area contributed by atoms with Crippen LogP contribution in [0.3, 0.4) is 0 Å². The van der Waals surface area contributed by atoms with E-state index >= 15 is 0 Å². The average molecular weight is 231 g/mol. The zero-order chi connectivity index (χ0) is 12.8. The molecule has 0 unspecified atom stereocenters. The SMILES string of the molecule is CC(C)(C)c1cnn2c(C(C)(C)C)ncc2c1. The summed E-state index contributed by atoms with van der Waals surface area (Å²) >= 11 is 0. The molecule has 0 spiro atoms. The molecular weight excluding hydrogens is 210 g/mol. The zero-order valence-electron chi connectivity index (χ0n) is 11.6. The largest absolute Gasteiger partial charge is 0.239 e. The Labute approximate surface area is 103 Å². The van der Waals surface area contributed by atoms with Crippen LogP contribution in [0.4, 0.5) is 0 Å². The van der Waals surface area contributed by atoms with Crippen LogP contribution in [0.25, 0.3) is 5.52 Å². The van der Waals surface area contributed by atoms with Gasteiger partial charge in [-0.15, -0.1) is 0 Å². The molecule has 0 saturated carbocycles. The molecule has 2 rings (SSSR count). The fraction of sp³-hybridized carbons (Fsp3) is 0.571. The van der Waals surface area contributed by atoms with Crippen LogP contribution in [-0.2, 0) is 10.8 Å². The second kappa shape index (κ2) is 3.56. The van der Waals surface area contributed by atoms with Gasteiger partial charge in [0.1, 0.15) is 5.82 Å². The third-order valence-corrected chi connectivity index (χ3v) is 2.92. The third-order valence-electron chi connectivity index (χ3n) is 2.92. The van der Waals surface area contributed by atoms with Crippen molar-refractivity contribution in [1.29, 1.82) is 0 Å². The van der Waals surface area contributed by atoms with Crippen molar-refractivity contribution < 1.29 is 0 Å². The van der Waals surface area contributed by atoms with E-state index in [0.29, 0.717) is 0 Å². The van der Waals surface area contributed by atoms with E-state index in [1.54, 1.807) is 0 Å². The van der Waals surface area contributed by atoms with Crippen molar-refractivity contribution in [1.82, 2.24) is 14.6 Å². The lowest BCUT2D eigenvalue weighted by Gasteiger charge is -2.19. The lowest BCUT2D eigenvalue weighted by atomic mass is 9.88. The van der Waals surface area contributed by atoms with Crippen LogP contribution in [-0.4, -0.2) is 14.6 Å². The highest BCUT2D eigenvalue weighted by Gasteiger charge is 2.21. The van der Waals surface area contributed by atoms with Crippen molar-refractivity contribution in [3.63, 3.8) is 0 Å². The lowest BCUT2D eigenvalue weighted by Crippen LogP contribution is -2.18. The summed E-state index contributed by atoms with van der Waals surface area (Å²) in [6, 6.07) is 2.18. The Morgan fingerprint density at radius 2 is 1.59 bits per heavy atom. The summed E-state index contributed by atoms with van der Waals surface area (Å²) in [6.45, 7) is 13.0. The fourth-order valence-electron chi connectivity index (χ4n) is 1.82. The van der Waals surface area contributed by atoms with Crippen molar-refractivity contribution in [2.75, 3.05) is 0 Å². The van der Waals surface area contributed by atoms with Gasteiger partial charge >= 0.3 is 0 Å². The van der Waals surface area contributed by atoms with E-state index in [1.807, 2.05) is 16.9 Å². The molecule has 0 N–H and O–H groups in total. The van der Waals surface area contributed by atoms with Crippen molar-refractivity contribution in [3.8, 4) is 0 Å². The summed E-state index contributed by atoms with van der Waals surface area (Å²) in [7, 11) is 0. The van der Waals surface area contributed by atoms with Crippen molar-refractivity contribution in [2.45, 2.75) is 52.4 Å². The number of rotatable bonds is 0. The van der Waals surface area contributed by atoms with Crippen LogP contribution < -0.4 is 0 Å². The molecule has 0 radical (unpaired) electrons. The van der Waals surface area contributed by atoms with E-state index in [4.69, 9.17) is 0 Å². The van der Waals surface area contributed by atoms with E-state index in [1.165, 1.54) is 5.56 Å². The van der Waals surface area contributed by atoms with Gasteiger partial charge < -0.3 is 0 Å². The van der Waals surface area contributed by atoms with Crippen LogP contribution >= 0.6 is 0 Å². The Hall–Kier alpha value is -1.38. The number of fused-ring (bicyclic) bond motifs is 1. The maximum atomic E-state index is 4.53. The smallest absolute Gasteiger partial charge is 0.135 e. The minimum absolute atomic E-state index is 0.0165. The first-order valence-electron chi connectivity index (χ1n) is 6.04. The molecule has 0 bridgehead atoms. The first-order valence-corrected chi connectivity index (χ1v) is 6.04. The van der Waals surface area contributed by atoms with Gasteiger partial charge in [-0.25, -0.2) is 9.50 Å². The molecule has 0 aliphatic carbocycles. The first kappa shape index (κ1) is 12.1. The normalized spacial score (nSPS) is 13.3. The Morgan fingerprint density at radius 3 is 2.12 bits per heavy atom. The quantitative estimate of drug-likeness (QED) is 0.696. The second-order valence-electron chi connectivity index (χ2n) is 6.66. The minimum atomic E-state index is 0.0165. The fourth-order valence-corrected chi connectivity index (χ4v) is 1.82. The molecule has 0 aromatic carbocycles. The summed E-state index contributed by atoms with van der Waals surface area (Å²) in [5, 5.41) is 4.53. The molecule has 3 nitrogen and oxygen atoms in total. The lowest BCUT2D eigenvalue weighted by molar-refractivity contribution is 0.527. The van der Waals surface area contributed by atoms with E-state index in [2.05, 4.69) is 57.7 Å². The zero-order valence-corrected chi connectivity index (χ0v) is 11.6. The van der Waals surface area contributed by atoms with Crippen LogP contribution in [0.15, 0.2) is 18.5 Å². The van der Waals surface area contributed by atoms with Crippen LogP contribution in [0.1, 0.15) is 52.9 Å². The molecule has 2 aromatic heterocycles. The highest BCUT2D eigenvalue weighted by atomic mass is 15.3. The van der Waals surface area contributed by atoms with Crippen LogP contribution in [0.5, 0.6) is 0 Å². The molecule has 0 aliphatic heterocycles. The molecule has 2 aromatic rings. The number of imidazole rings is 1. The molecule has 0 fully saturated rings. The Balaban J connectivity index is 2.61. The monoisotopic (exact) mass is 231 g/mol. The Bertz CT molecular complexity index is 539. The maximum absolute atomic E-state index is 4.53. The average Bonchev–Trinajstić information content (AvgIpc) is 2.57. The highest BCUT2D eigenvalue weighted by Crippen LogP contribution is 2.25. The van der Waals surface area contributed by atoms with Crippen molar-refractivity contribution in [2.24, 2.45) is 0 Å². The molecular formula is C14H21N3. The number of aromatic nitrogens is 3. The molecule has 0 aliphatic rings. The van der Waals surface area contributed by atoms with Gasteiger partial charge in [0.05, 0.1) is 17.9 Å². The highest BCUT2D eigenvalue weighted by molar-refractivity contribution is 5.48. The molecule has 2 heterocycles. The molecule has 92 valence electrons. The topological polar surface area (TPSA) is 30.2 Å². The predicted molar refractivity (Wildman–Crippen MR) is 70.4 cm³/mol. The Morgan fingerprint density at radius 1 is 0.941 bits per heavy atom. The molecule has 3 heteroatoms. The number of hydrogen-bond donors (Lipinski definition) is 0. The maximum Gasteiger partial charge on any atom is 0.135 e. The number of nitrogens with zero attached hydrogens (tertiary/aromatic N) is 3. The molecule has 0 atom stereocenters. The number of hydrogen-bond acceptors (Lipinski definition) is 2. The van der Waals surface area contributed by atoms with Gasteiger partial charge in [-0.2, -0.15) is 5.10 Å². The van der Waals surface area contributed by atoms with Gasteiger partial charge in [-0.05, 0) is 17.0 Å². The van der Waals surface area contributed by atoms with E-state index in [9.17, 15) is 0 Å². The van der Waals surface area contributed by atoms with Crippen molar-refractivity contribution in [3.05, 3.63) is 29.8 Å². The van der Waals surface area contributed by atoms with Gasteiger partial charge in [0.15, 0.2) is 0 Å². The minimum Gasteiger partial charge on any atom is -0.239 e. The standard InChI is InChI=1S/C14H21N3/c1-13(2,3)10-7-11-9-15-12(14(4,5)6)17(11)16-8-10/h7-9H,1-6H3. The summed E-state index contributed by atoms with van der Waals surface area (Å²) in [4.78, 5) is 4.49. The van der Waals surface area contributed by atoms with E-state index in [-0.39, 0.29) is 10.8 Å². The van der Waals surface area contributed by atoms with Gasteiger partial charge in [-0.3, -0.25) is 0 Å². The van der Waals surface area contributed by atoms with E-state index < -0.39 is 0 Å². The van der Waals surface area contributed by atoms with Gasteiger partial charge in [-0.1, -0.05) is 41.5 Å². The molecule has 0 amide bonds. The Kier molecular flexibility index (Phi) is 2.53. The summed E-state index contributed by atoms with van der Waals surface area (Å²) < 4.78 is 1.94. The van der Waals surface area contributed by atoms with Crippen LogP contribution in [0, 0.1) is 0 Å². The van der Waals surface area contributed by atoms with Gasteiger partial charge in [0.2, 0.25) is 0 Å². The predicted octanol–water partition coefficient (Wildman–Crippen LogP) is 3.32. The van der Waals surface area contributed by atoms with Crippen molar-refractivity contribution >= 4 is 5.52 Å². The van der Waals surface area contributed by atoms with Crippen LogP contribution in [0.2, 0.25) is 0 Å². The third kappa shape index (κ3) is 2.19. The summed E-state index contributed by atoms with van der Waals surface area (Å²) in [5.74, 6) is 1.01. The van der Waals surface area contributed by atoms with Gasteiger partial charge in [0, 0.05) is 5.41 Å². The summed E-state index contributed by atoms with van der Waals surface area (Å²) in [5.41, 5.74) is 2.46. The van der Waals surface area contributed by atoms with E-state index in [0.717, 1.165) is 11.3 Å². The second-order valence-corrected chi connectivity index (χ2v) is 6.66. The first-order chi connectivity index (χ1) is 7.69. The summed E-state index contributed by atoms with van der Waals surface area (Å²) in [6.07, 6.45) is 3.85. The molecule has 0 saturated heterocycles. The van der Waals surface area contributed by atoms with Gasteiger partial charge in [0.25, 0.3) is 0 Å². The molecule has 17 heavy (non-hydrogen) atoms.